The molecule has 2 aliphatic heterocycles. The molecule has 3 unspecified atom stereocenters. The van der Waals surface area contributed by atoms with Gasteiger partial charge < -0.3 is 10.2 Å². The van der Waals surface area contributed by atoms with E-state index < -0.39 is 9.84 Å². The van der Waals surface area contributed by atoms with Gasteiger partial charge in [0.2, 0.25) is 5.91 Å². The molecule has 2 rings (SSSR count). The van der Waals surface area contributed by atoms with Gasteiger partial charge >= 0.3 is 0 Å². The number of rotatable bonds is 1. The average molecular weight is 274 g/mol. The van der Waals surface area contributed by atoms with Crippen LogP contribution in [0.25, 0.3) is 0 Å². The standard InChI is InChI=1S/C12H22N2O3S/c1-9-7-11(3-4-13-9)12(15)14-5-6-18(16,17)8-10(14)2/h9-11,13H,3-8H2,1-2H3. The maximum absolute atomic E-state index is 12.4. The highest BCUT2D eigenvalue weighted by molar-refractivity contribution is 7.91. The summed E-state index contributed by atoms with van der Waals surface area (Å²) in [6.45, 7) is 5.15. The SMILES string of the molecule is CC1CC(C(=O)N2CCS(=O)(=O)CC2C)CCN1. The van der Waals surface area contributed by atoms with Crippen molar-refractivity contribution < 1.29 is 13.2 Å². The summed E-state index contributed by atoms with van der Waals surface area (Å²) in [5.74, 6) is 0.429. The second-order valence-electron chi connectivity index (χ2n) is 5.57. The molecular weight excluding hydrogens is 252 g/mol. The molecule has 2 fully saturated rings. The molecule has 1 N–H and O–H groups in total. The summed E-state index contributed by atoms with van der Waals surface area (Å²) in [7, 11) is -2.95. The fourth-order valence-corrected chi connectivity index (χ4v) is 4.47. The van der Waals surface area contributed by atoms with Gasteiger partial charge in [-0.1, -0.05) is 0 Å². The van der Waals surface area contributed by atoms with Crippen molar-refractivity contribution in [1.29, 1.82) is 0 Å². The number of nitrogens with one attached hydrogen (secondary N) is 1. The Labute approximate surface area is 109 Å². The number of carbonyl (C=O) groups excluding carboxylic acids is 1. The summed E-state index contributed by atoms with van der Waals surface area (Å²) in [6, 6.07) is 0.193. The first-order valence-corrected chi connectivity index (χ1v) is 8.45. The average Bonchev–Trinajstić information content (AvgIpc) is 2.27. The molecule has 0 radical (unpaired) electrons. The molecule has 3 atom stereocenters. The normalized spacial score (nSPS) is 36.3. The lowest BCUT2D eigenvalue weighted by atomic mass is 9.91. The van der Waals surface area contributed by atoms with Crippen molar-refractivity contribution in [3.05, 3.63) is 0 Å². The fraction of sp³-hybridized carbons (Fsp3) is 0.917. The number of hydrogen-bond acceptors (Lipinski definition) is 4. The topological polar surface area (TPSA) is 66.5 Å². The molecule has 0 aromatic heterocycles. The van der Waals surface area contributed by atoms with Gasteiger partial charge in [0.25, 0.3) is 0 Å². The molecule has 0 saturated carbocycles. The Kier molecular flexibility index (Phi) is 3.96. The number of sulfone groups is 1. The molecule has 18 heavy (non-hydrogen) atoms. The molecule has 0 bridgehead atoms. The second kappa shape index (κ2) is 5.17. The number of amides is 1. The lowest BCUT2D eigenvalue weighted by Crippen LogP contribution is -2.53. The van der Waals surface area contributed by atoms with Crippen molar-refractivity contribution >= 4 is 15.7 Å². The molecule has 2 heterocycles. The molecule has 6 heteroatoms. The number of nitrogens with zero attached hydrogens (tertiary/aromatic N) is 1. The summed E-state index contributed by atoms with van der Waals surface area (Å²) in [5, 5.41) is 3.33. The van der Waals surface area contributed by atoms with Crippen molar-refractivity contribution in [3.8, 4) is 0 Å². The Morgan fingerprint density at radius 1 is 1.33 bits per heavy atom. The van der Waals surface area contributed by atoms with E-state index in [4.69, 9.17) is 0 Å². The van der Waals surface area contributed by atoms with Crippen molar-refractivity contribution in [2.45, 2.75) is 38.8 Å². The maximum Gasteiger partial charge on any atom is 0.226 e. The summed E-state index contributed by atoms with van der Waals surface area (Å²) in [6.07, 6.45) is 1.72. The third-order valence-corrected chi connectivity index (χ3v) is 5.72. The molecule has 0 aromatic carbocycles. The Bertz CT molecular complexity index is 421. The highest BCUT2D eigenvalue weighted by Gasteiger charge is 2.35. The van der Waals surface area contributed by atoms with Crippen LogP contribution >= 0.6 is 0 Å². The molecule has 1 amide bonds. The highest BCUT2D eigenvalue weighted by Crippen LogP contribution is 2.22. The Morgan fingerprint density at radius 2 is 2.06 bits per heavy atom. The van der Waals surface area contributed by atoms with Crippen molar-refractivity contribution in [2.24, 2.45) is 5.92 Å². The third kappa shape index (κ3) is 3.03. The Morgan fingerprint density at radius 3 is 2.67 bits per heavy atom. The Hall–Kier alpha value is -0.620. The van der Waals surface area contributed by atoms with Crippen LogP contribution < -0.4 is 5.32 Å². The van der Waals surface area contributed by atoms with Gasteiger partial charge in [-0.25, -0.2) is 8.42 Å². The number of hydrogen-bond donors (Lipinski definition) is 1. The fourth-order valence-electron chi connectivity index (χ4n) is 2.92. The molecule has 0 spiro atoms. The van der Waals surface area contributed by atoms with E-state index in [1.807, 2.05) is 6.92 Å². The maximum atomic E-state index is 12.4. The third-order valence-electron chi connectivity index (χ3n) is 3.93. The van der Waals surface area contributed by atoms with Crippen LogP contribution in [0, 0.1) is 5.92 Å². The van der Waals surface area contributed by atoms with Crippen LogP contribution in [0.15, 0.2) is 0 Å². The largest absolute Gasteiger partial charge is 0.338 e. The van der Waals surface area contributed by atoms with Crippen molar-refractivity contribution in [3.63, 3.8) is 0 Å². The van der Waals surface area contributed by atoms with Crippen molar-refractivity contribution in [2.75, 3.05) is 24.6 Å². The highest BCUT2D eigenvalue weighted by atomic mass is 32.2. The Balaban J connectivity index is 2.01. The van der Waals surface area contributed by atoms with Crippen molar-refractivity contribution in [1.82, 2.24) is 10.2 Å². The molecular formula is C12H22N2O3S. The number of carbonyl (C=O) groups is 1. The van der Waals surface area contributed by atoms with E-state index in [0.717, 1.165) is 19.4 Å². The van der Waals surface area contributed by atoms with E-state index in [0.29, 0.717) is 12.6 Å². The molecule has 0 aliphatic carbocycles. The van der Waals surface area contributed by atoms with Gasteiger partial charge in [-0.15, -0.1) is 0 Å². The van der Waals surface area contributed by atoms with E-state index in [-0.39, 0.29) is 29.4 Å². The quantitative estimate of drug-likeness (QED) is 0.732. The van der Waals surface area contributed by atoms with Gasteiger partial charge in [0.15, 0.2) is 9.84 Å². The monoisotopic (exact) mass is 274 g/mol. The van der Waals surface area contributed by atoms with E-state index in [1.165, 1.54) is 0 Å². The van der Waals surface area contributed by atoms with Gasteiger partial charge in [-0.3, -0.25) is 4.79 Å². The molecule has 5 nitrogen and oxygen atoms in total. The summed E-state index contributed by atoms with van der Waals surface area (Å²) < 4.78 is 23.0. The second-order valence-corrected chi connectivity index (χ2v) is 7.80. The zero-order valence-corrected chi connectivity index (χ0v) is 11.9. The van der Waals surface area contributed by atoms with Gasteiger partial charge in [0.1, 0.15) is 0 Å². The molecule has 0 aromatic rings. The van der Waals surface area contributed by atoms with E-state index in [2.05, 4.69) is 12.2 Å². The van der Waals surface area contributed by atoms with Gasteiger partial charge in [-0.2, -0.15) is 0 Å². The van der Waals surface area contributed by atoms with E-state index >= 15 is 0 Å². The van der Waals surface area contributed by atoms with Crippen LogP contribution in [0.2, 0.25) is 0 Å². The van der Waals surface area contributed by atoms with E-state index in [9.17, 15) is 13.2 Å². The molecule has 2 saturated heterocycles. The smallest absolute Gasteiger partial charge is 0.226 e. The minimum absolute atomic E-state index is 0.0597. The van der Waals surface area contributed by atoms with Crippen LogP contribution in [-0.2, 0) is 14.6 Å². The van der Waals surface area contributed by atoms with Gasteiger partial charge in [-0.05, 0) is 33.2 Å². The zero-order chi connectivity index (χ0) is 13.3. The van der Waals surface area contributed by atoms with Gasteiger partial charge in [0, 0.05) is 24.5 Å². The van der Waals surface area contributed by atoms with E-state index in [1.54, 1.807) is 4.90 Å². The minimum atomic E-state index is -2.95. The first kappa shape index (κ1) is 13.8. The summed E-state index contributed by atoms with van der Waals surface area (Å²) >= 11 is 0. The first-order chi connectivity index (χ1) is 8.39. The summed E-state index contributed by atoms with van der Waals surface area (Å²) in [4.78, 5) is 14.2. The first-order valence-electron chi connectivity index (χ1n) is 6.63. The van der Waals surface area contributed by atoms with Crippen LogP contribution in [-0.4, -0.2) is 55.9 Å². The zero-order valence-electron chi connectivity index (χ0n) is 11.1. The lowest BCUT2D eigenvalue weighted by Gasteiger charge is -2.37. The van der Waals surface area contributed by atoms with Crippen LogP contribution in [0.3, 0.4) is 0 Å². The lowest BCUT2D eigenvalue weighted by molar-refractivity contribution is -0.138. The predicted octanol–water partition coefficient (Wildman–Crippen LogP) is 0.0200. The number of piperidine rings is 1. The molecule has 104 valence electrons. The van der Waals surface area contributed by atoms with Crippen LogP contribution in [0.4, 0.5) is 0 Å². The van der Waals surface area contributed by atoms with Crippen LogP contribution in [0.1, 0.15) is 26.7 Å². The summed E-state index contributed by atoms with van der Waals surface area (Å²) in [5.41, 5.74) is 0. The van der Waals surface area contributed by atoms with Crippen LogP contribution in [0.5, 0.6) is 0 Å². The molecule has 2 aliphatic rings. The predicted molar refractivity (Wildman–Crippen MR) is 70.0 cm³/mol. The minimum Gasteiger partial charge on any atom is -0.338 e. The van der Waals surface area contributed by atoms with Gasteiger partial charge in [0.05, 0.1) is 11.5 Å².